The van der Waals surface area contributed by atoms with E-state index in [1.54, 1.807) is 35.4 Å². The number of likely N-dealkylation sites (tertiary alicyclic amines) is 1. The van der Waals surface area contributed by atoms with E-state index in [1.807, 2.05) is 35.2 Å². The van der Waals surface area contributed by atoms with E-state index >= 15 is 0 Å². The Bertz CT molecular complexity index is 1140. The first-order valence-electron chi connectivity index (χ1n) is 9.78. The van der Waals surface area contributed by atoms with Crippen molar-refractivity contribution in [3.8, 4) is 23.0 Å². The molecule has 1 aliphatic rings. The predicted molar refractivity (Wildman–Crippen MR) is 107 cm³/mol. The summed E-state index contributed by atoms with van der Waals surface area (Å²) in [6.45, 7) is 1.28. The summed E-state index contributed by atoms with van der Waals surface area (Å²) in [5.74, 6) is 0.808. The van der Waals surface area contributed by atoms with Crippen LogP contribution in [0.3, 0.4) is 0 Å². The van der Waals surface area contributed by atoms with Crippen LogP contribution >= 0.6 is 0 Å². The van der Waals surface area contributed by atoms with Gasteiger partial charge in [0.1, 0.15) is 0 Å². The van der Waals surface area contributed by atoms with Gasteiger partial charge in [-0.3, -0.25) is 9.78 Å². The molecule has 4 aromatic rings. The molecule has 1 aromatic carbocycles. The van der Waals surface area contributed by atoms with Gasteiger partial charge in [0, 0.05) is 31.0 Å². The lowest BCUT2D eigenvalue weighted by atomic mass is 10.0. The molecule has 9 nitrogen and oxygen atoms in total. The van der Waals surface area contributed by atoms with Gasteiger partial charge in [-0.2, -0.15) is 4.98 Å². The number of amides is 1. The van der Waals surface area contributed by atoms with Gasteiger partial charge in [0.25, 0.3) is 11.8 Å². The molecule has 0 unspecified atom stereocenters. The Morgan fingerprint density at radius 3 is 2.87 bits per heavy atom. The normalized spacial score (nSPS) is 16.5. The smallest absolute Gasteiger partial charge is 0.280 e. The molecule has 5 rings (SSSR count). The summed E-state index contributed by atoms with van der Waals surface area (Å²) in [5, 5.41) is 12.5. The second-order valence-electron chi connectivity index (χ2n) is 7.16. The van der Waals surface area contributed by atoms with Crippen molar-refractivity contribution in [3.05, 3.63) is 66.6 Å². The van der Waals surface area contributed by atoms with E-state index in [2.05, 4.69) is 25.4 Å². The van der Waals surface area contributed by atoms with E-state index in [9.17, 15) is 4.79 Å². The van der Waals surface area contributed by atoms with Crippen LogP contribution in [0.15, 0.2) is 65.6 Å². The van der Waals surface area contributed by atoms with Crippen LogP contribution in [0.4, 0.5) is 0 Å². The van der Waals surface area contributed by atoms with Crippen LogP contribution in [0, 0.1) is 0 Å². The first-order valence-corrected chi connectivity index (χ1v) is 9.78. The summed E-state index contributed by atoms with van der Waals surface area (Å²) in [7, 11) is 0. The number of rotatable bonds is 4. The maximum Gasteiger partial charge on any atom is 0.280 e. The first kappa shape index (κ1) is 18.2. The number of carbonyl (C=O) groups is 1. The van der Waals surface area contributed by atoms with Gasteiger partial charge in [-0.15, -0.1) is 5.10 Å². The highest BCUT2D eigenvalue weighted by atomic mass is 16.5. The van der Waals surface area contributed by atoms with Gasteiger partial charge in [0.05, 0.1) is 17.8 Å². The third-order valence-corrected chi connectivity index (χ3v) is 5.15. The largest absolute Gasteiger partial charge is 0.336 e. The molecule has 1 aliphatic heterocycles. The standard InChI is InChI=1S/C21H19N7O2/c29-21(16-8-4-10-22-12-16)27-11-5-9-17(13-27)28-14-18(24-26-28)20-23-19(25-30-20)15-6-2-1-3-7-15/h1-4,6-8,10,12,14,17H,5,9,11,13H2/t17-/m1/s1. The van der Waals surface area contributed by atoms with E-state index in [1.165, 1.54) is 0 Å². The summed E-state index contributed by atoms with van der Waals surface area (Å²) in [5.41, 5.74) is 1.98. The highest BCUT2D eigenvalue weighted by Gasteiger charge is 2.27. The monoisotopic (exact) mass is 401 g/mol. The van der Waals surface area contributed by atoms with Crippen LogP contribution in [0.1, 0.15) is 29.2 Å². The lowest BCUT2D eigenvalue weighted by Gasteiger charge is -2.32. The van der Waals surface area contributed by atoms with Gasteiger partial charge in [0.15, 0.2) is 5.69 Å². The molecule has 1 amide bonds. The van der Waals surface area contributed by atoms with E-state index < -0.39 is 0 Å². The summed E-state index contributed by atoms with van der Waals surface area (Å²) >= 11 is 0. The van der Waals surface area contributed by atoms with Crippen molar-refractivity contribution < 1.29 is 9.32 Å². The molecule has 30 heavy (non-hydrogen) atoms. The van der Waals surface area contributed by atoms with Crippen LogP contribution in [0.2, 0.25) is 0 Å². The number of benzene rings is 1. The van der Waals surface area contributed by atoms with Crippen molar-refractivity contribution in [2.75, 3.05) is 13.1 Å². The average molecular weight is 401 g/mol. The van der Waals surface area contributed by atoms with Gasteiger partial charge >= 0.3 is 0 Å². The summed E-state index contributed by atoms with van der Waals surface area (Å²) < 4.78 is 7.16. The maximum atomic E-state index is 12.7. The Hall–Kier alpha value is -3.88. The minimum atomic E-state index is -0.0162. The molecule has 4 heterocycles. The highest BCUT2D eigenvalue weighted by molar-refractivity contribution is 5.93. The molecule has 0 aliphatic carbocycles. The number of carbonyl (C=O) groups excluding carboxylic acids is 1. The Kier molecular flexibility index (Phi) is 4.76. The van der Waals surface area contributed by atoms with Gasteiger partial charge in [0.2, 0.25) is 5.82 Å². The topological polar surface area (TPSA) is 103 Å². The van der Waals surface area contributed by atoms with Gasteiger partial charge in [-0.1, -0.05) is 40.7 Å². The molecule has 0 radical (unpaired) electrons. The Balaban J connectivity index is 1.32. The number of pyridine rings is 1. The lowest BCUT2D eigenvalue weighted by Crippen LogP contribution is -2.40. The second kappa shape index (κ2) is 7.86. The molecule has 3 aromatic heterocycles. The molecule has 1 saturated heterocycles. The molecule has 9 heteroatoms. The lowest BCUT2D eigenvalue weighted by molar-refractivity contribution is 0.0671. The fraction of sp³-hybridized carbons (Fsp3) is 0.238. The van der Waals surface area contributed by atoms with Crippen LogP contribution in [0.25, 0.3) is 23.0 Å². The van der Waals surface area contributed by atoms with Crippen LogP contribution < -0.4 is 0 Å². The molecule has 0 spiro atoms. The van der Waals surface area contributed by atoms with E-state index in [0.29, 0.717) is 29.5 Å². The van der Waals surface area contributed by atoms with Crippen molar-refractivity contribution in [3.63, 3.8) is 0 Å². The second-order valence-corrected chi connectivity index (χ2v) is 7.16. The van der Waals surface area contributed by atoms with Crippen molar-refractivity contribution in [2.24, 2.45) is 0 Å². The molecule has 0 bridgehead atoms. The summed E-state index contributed by atoms with van der Waals surface area (Å²) in [6, 6.07) is 13.2. The Morgan fingerprint density at radius 2 is 2.03 bits per heavy atom. The third-order valence-electron chi connectivity index (χ3n) is 5.15. The summed E-state index contributed by atoms with van der Waals surface area (Å²) in [6.07, 6.45) is 6.86. The number of piperidine rings is 1. The zero-order chi connectivity index (χ0) is 20.3. The van der Waals surface area contributed by atoms with Gasteiger partial charge in [-0.25, -0.2) is 4.68 Å². The zero-order valence-corrected chi connectivity index (χ0v) is 16.1. The molecular weight excluding hydrogens is 382 g/mol. The van der Waals surface area contributed by atoms with Crippen LogP contribution in [-0.2, 0) is 0 Å². The molecule has 0 saturated carbocycles. The molecule has 1 fully saturated rings. The van der Waals surface area contributed by atoms with Crippen LogP contribution in [0.5, 0.6) is 0 Å². The number of hydrogen-bond donors (Lipinski definition) is 0. The third kappa shape index (κ3) is 3.57. The SMILES string of the molecule is O=C(c1cccnc1)N1CCC[C@@H](n2cc(-c3nc(-c4ccccc4)no3)nn2)C1. The van der Waals surface area contributed by atoms with Gasteiger partial charge in [-0.05, 0) is 25.0 Å². The van der Waals surface area contributed by atoms with Crippen molar-refractivity contribution in [2.45, 2.75) is 18.9 Å². The average Bonchev–Trinajstić information content (AvgIpc) is 3.50. The molecular formula is C21H19N7O2. The van der Waals surface area contributed by atoms with E-state index in [4.69, 9.17) is 4.52 Å². The molecule has 0 N–H and O–H groups in total. The number of nitrogens with zero attached hydrogens (tertiary/aromatic N) is 7. The van der Waals surface area contributed by atoms with Crippen LogP contribution in [-0.4, -0.2) is 54.0 Å². The first-order chi connectivity index (χ1) is 14.8. The van der Waals surface area contributed by atoms with Crippen molar-refractivity contribution in [1.29, 1.82) is 0 Å². The number of aromatic nitrogens is 6. The fourth-order valence-electron chi connectivity index (χ4n) is 3.61. The Morgan fingerprint density at radius 1 is 1.13 bits per heavy atom. The van der Waals surface area contributed by atoms with E-state index in [0.717, 1.165) is 24.9 Å². The minimum absolute atomic E-state index is 0.0162. The number of hydrogen-bond acceptors (Lipinski definition) is 7. The van der Waals surface area contributed by atoms with Gasteiger partial charge < -0.3 is 9.42 Å². The maximum absolute atomic E-state index is 12.7. The zero-order valence-electron chi connectivity index (χ0n) is 16.1. The van der Waals surface area contributed by atoms with E-state index in [-0.39, 0.29) is 11.9 Å². The summed E-state index contributed by atoms with van der Waals surface area (Å²) in [4.78, 5) is 23.1. The van der Waals surface area contributed by atoms with Crippen molar-refractivity contribution >= 4 is 5.91 Å². The Labute approximate surface area is 172 Å². The molecule has 1 atom stereocenters. The van der Waals surface area contributed by atoms with Crippen molar-refractivity contribution in [1.82, 2.24) is 35.0 Å². The molecule has 150 valence electrons. The fourth-order valence-corrected chi connectivity index (χ4v) is 3.61. The highest BCUT2D eigenvalue weighted by Crippen LogP contribution is 2.25. The predicted octanol–water partition coefficient (Wildman–Crippen LogP) is 2.87. The minimum Gasteiger partial charge on any atom is -0.336 e. The quantitative estimate of drug-likeness (QED) is 0.518.